The first-order valence-electron chi connectivity index (χ1n) is 35.0. The van der Waals surface area contributed by atoms with Gasteiger partial charge in [0.05, 0.1) is 0 Å². The van der Waals surface area contributed by atoms with Crippen molar-refractivity contribution in [1.29, 1.82) is 0 Å². The monoisotopic (exact) mass is 1260 g/mol. The zero-order valence-electron chi connectivity index (χ0n) is 59.0. The molecule has 2 aromatic heterocycles. The molecule has 2 nitrogen and oxygen atoms in total. The Kier molecular flexibility index (Phi) is 13.8. The van der Waals surface area contributed by atoms with E-state index in [0.29, 0.717) is 0 Å². The third-order valence-corrected chi connectivity index (χ3v) is 24.1. The van der Waals surface area contributed by atoms with E-state index in [0.717, 1.165) is 24.0 Å². The Labute approximate surface area is 569 Å². The van der Waals surface area contributed by atoms with Crippen molar-refractivity contribution >= 4 is 83.5 Å². The van der Waals surface area contributed by atoms with Crippen LogP contribution < -0.4 is 15.1 Å². The zero-order chi connectivity index (χ0) is 66.4. The smallest absolute Gasteiger partial charge is 0.339 e. The fraction of sp³-hybridized carbons (Fsp3) is 0.297. The number of para-hydroxylation sites is 1. The van der Waals surface area contributed by atoms with Gasteiger partial charge in [0, 0.05) is 54.1 Å². The van der Waals surface area contributed by atoms with Crippen LogP contribution in [0.1, 0.15) is 202 Å². The maximum absolute atomic E-state index is 7.67. The van der Waals surface area contributed by atoms with E-state index in [1.54, 1.807) is 0 Å². The molecule has 95 heavy (non-hydrogen) atoms. The van der Waals surface area contributed by atoms with Crippen molar-refractivity contribution < 1.29 is 4.42 Å². The lowest BCUT2D eigenvalue weighted by Gasteiger charge is -2.45. The quantitative estimate of drug-likeness (QED) is 0.117. The summed E-state index contributed by atoms with van der Waals surface area (Å²) in [5.41, 5.74) is 34.9. The van der Waals surface area contributed by atoms with Crippen LogP contribution in [0.2, 0.25) is 0 Å². The van der Waals surface area contributed by atoms with Gasteiger partial charge in [-0.1, -0.05) is 256 Å². The number of hydrogen-bond donors (Lipinski definition) is 0. The number of anilines is 2. The summed E-state index contributed by atoms with van der Waals surface area (Å²) in [4.78, 5) is 2.80. The maximum Gasteiger partial charge on any atom is 0.339 e. The van der Waals surface area contributed by atoms with Gasteiger partial charge in [0.2, 0.25) is 0 Å². The van der Waals surface area contributed by atoms with Crippen molar-refractivity contribution in [3.63, 3.8) is 0 Å². The van der Waals surface area contributed by atoms with Crippen LogP contribution in [0.3, 0.4) is 0 Å². The predicted octanol–water partition coefficient (Wildman–Crippen LogP) is 24.2. The Balaban J connectivity index is 0.969. The highest BCUT2D eigenvalue weighted by atomic mass is 32.1. The molecule has 0 fully saturated rings. The van der Waals surface area contributed by atoms with Crippen LogP contribution in [-0.4, -0.2) is 6.85 Å². The van der Waals surface area contributed by atoms with E-state index in [4.69, 9.17) is 4.42 Å². The topological polar surface area (TPSA) is 16.4 Å². The largest absolute Gasteiger partial charge is 0.455 e. The van der Waals surface area contributed by atoms with Crippen molar-refractivity contribution in [2.75, 3.05) is 4.81 Å². The van der Waals surface area contributed by atoms with Crippen LogP contribution in [0.5, 0.6) is 0 Å². The van der Waals surface area contributed by atoms with Crippen LogP contribution in [-0.2, 0) is 38.9 Å². The Morgan fingerprint density at radius 2 is 1.16 bits per heavy atom. The molecule has 0 saturated carbocycles. The first kappa shape index (κ1) is 61.4. The molecule has 4 heterocycles. The summed E-state index contributed by atoms with van der Waals surface area (Å²) in [7, 11) is 0. The van der Waals surface area contributed by atoms with Crippen molar-refractivity contribution in [2.24, 2.45) is 0 Å². The van der Waals surface area contributed by atoms with Gasteiger partial charge in [-0.15, -0.1) is 11.3 Å². The Bertz CT molecular complexity index is 5180. The molecule has 1 atom stereocenters. The molecule has 0 spiro atoms. The standard InChI is InChI=1S/C91H90BNOS/c1-53-45-73-74(90(14,15)44-43-89(73,12)13)51-67(53)82-79-54(2)78-70-49-59(57-23-19-18-20-24-57)32-42-77(70)95-85(78)92-83(79)80(81-66-25-21-22-26-76(66)94-84(81)82)69-50-68-65-41-29-56(48-71(65)91(16,17)72(68)52-75(69)93(92)64-39-37-63(38-40-64)88(9,10)11)47-60(58-30-35-62(36-31-58)87(6,7)8)46-55-27-33-61(34-28-55)86(3,4)5/h18-42,45-46,48-52,54H,43-44,47H2,1-17H3/b60-46-. The molecule has 10 aromatic carbocycles. The molecule has 474 valence electrons. The van der Waals surface area contributed by atoms with Gasteiger partial charge in [0.1, 0.15) is 11.2 Å². The first-order chi connectivity index (χ1) is 45.0. The summed E-state index contributed by atoms with van der Waals surface area (Å²) in [5, 5.41) is 3.74. The number of allylic oxidation sites excluding steroid dienone is 1. The minimum Gasteiger partial charge on any atom is -0.455 e. The van der Waals surface area contributed by atoms with Crippen molar-refractivity contribution in [3.8, 4) is 44.5 Å². The van der Waals surface area contributed by atoms with Gasteiger partial charge in [0.25, 0.3) is 0 Å². The molecule has 16 rings (SSSR count). The van der Waals surface area contributed by atoms with E-state index >= 15 is 0 Å². The molecule has 0 amide bonds. The third kappa shape index (κ3) is 9.75. The molecule has 0 bridgehead atoms. The highest BCUT2D eigenvalue weighted by Crippen LogP contribution is 2.59. The van der Waals surface area contributed by atoms with Crippen molar-refractivity contribution in [1.82, 2.24) is 0 Å². The van der Waals surface area contributed by atoms with E-state index in [1.807, 2.05) is 11.3 Å². The van der Waals surface area contributed by atoms with Crippen LogP contribution in [0.15, 0.2) is 192 Å². The molecular weight excluding hydrogens is 1170 g/mol. The number of nitrogens with zero attached hydrogens (tertiary/aromatic N) is 1. The van der Waals surface area contributed by atoms with Crippen LogP contribution >= 0.6 is 11.3 Å². The summed E-state index contributed by atoms with van der Waals surface area (Å²) in [6.45, 7) is 40.4. The van der Waals surface area contributed by atoms with Gasteiger partial charge in [-0.2, -0.15) is 0 Å². The first-order valence-corrected chi connectivity index (χ1v) is 35.8. The fourth-order valence-electron chi connectivity index (χ4n) is 17.2. The summed E-state index contributed by atoms with van der Waals surface area (Å²) in [5.74, 6) is 0.0136. The van der Waals surface area contributed by atoms with Crippen LogP contribution in [0.4, 0.5) is 11.4 Å². The Hall–Kier alpha value is -8.44. The zero-order valence-corrected chi connectivity index (χ0v) is 59.8. The van der Waals surface area contributed by atoms with Gasteiger partial charge < -0.3 is 9.23 Å². The van der Waals surface area contributed by atoms with Gasteiger partial charge in [-0.05, 0) is 224 Å². The molecule has 12 aromatic rings. The van der Waals surface area contributed by atoms with Crippen LogP contribution in [0.25, 0.3) is 88.2 Å². The summed E-state index contributed by atoms with van der Waals surface area (Å²) >= 11 is 2.01. The van der Waals surface area contributed by atoms with E-state index in [2.05, 4.69) is 317 Å². The number of furan rings is 1. The molecule has 0 N–H and O–H groups in total. The second-order valence-corrected chi connectivity index (χ2v) is 34.7. The summed E-state index contributed by atoms with van der Waals surface area (Å²) in [6, 6.07) is 73.5. The highest BCUT2D eigenvalue weighted by Gasteiger charge is 2.51. The molecule has 0 radical (unpaired) electrons. The van der Waals surface area contributed by atoms with Crippen molar-refractivity contribution in [3.05, 3.63) is 260 Å². The number of hydrogen-bond acceptors (Lipinski definition) is 3. The molecule has 4 heteroatoms. The molecule has 2 aliphatic carbocycles. The summed E-state index contributed by atoms with van der Waals surface area (Å²) in [6.07, 6.45) is 5.54. The maximum atomic E-state index is 7.67. The van der Waals surface area contributed by atoms with Gasteiger partial charge in [0.15, 0.2) is 0 Å². The number of thiophene rings is 1. The van der Waals surface area contributed by atoms with E-state index in [9.17, 15) is 0 Å². The normalized spacial score (nSPS) is 16.8. The predicted molar refractivity (Wildman–Crippen MR) is 411 cm³/mol. The van der Waals surface area contributed by atoms with Gasteiger partial charge >= 0.3 is 6.85 Å². The number of rotatable bonds is 7. The van der Waals surface area contributed by atoms with E-state index in [-0.39, 0.29) is 45.3 Å². The highest BCUT2D eigenvalue weighted by molar-refractivity contribution is 7.31. The third-order valence-electron chi connectivity index (χ3n) is 22.9. The average molecular weight is 1260 g/mol. The molecule has 1 unspecified atom stereocenters. The minimum absolute atomic E-state index is 0.000893. The molecule has 4 aliphatic rings. The Morgan fingerprint density at radius 3 is 1.82 bits per heavy atom. The van der Waals surface area contributed by atoms with E-state index < -0.39 is 0 Å². The van der Waals surface area contributed by atoms with Gasteiger partial charge in [-0.25, -0.2) is 0 Å². The van der Waals surface area contributed by atoms with Crippen molar-refractivity contribution in [2.45, 2.75) is 175 Å². The lowest BCUT2D eigenvalue weighted by Crippen LogP contribution is -2.61. The van der Waals surface area contributed by atoms with Gasteiger partial charge in [-0.3, -0.25) is 0 Å². The second kappa shape index (κ2) is 21.3. The molecular formula is C91H90BNOS. The second-order valence-electron chi connectivity index (χ2n) is 33.6. The summed E-state index contributed by atoms with van der Waals surface area (Å²) < 4.78 is 10.4. The number of benzene rings is 10. The fourth-order valence-corrected chi connectivity index (χ4v) is 18.6. The minimum atomic E-state index is -0.324. The SMILES string of the molecule is Cc1cc2c(cc1-c1c3c4c(c5c1oc1ccccc15)-c1cc5c(cc1N(c1ccc(C(C)(C)C)cc1)B4c1sc4ccc(-c6ccccc6)cc4c1C3C)C(C)(C)c1cc(C/C(=C/c3ccc(C(C)(C)C)cc3)c3ccc(C(C)(C)C)cc3)ccc1-5)C(C)(C)CCC2(C)C. The molecule has 0 saturated heterocycles. The lowest BCUT2D eigenvalue weighted by molar-refractivity contribution is 0.332. The van der Waals surface area contributed by atoms with Crippen LogP contribution in [0, 0.1) is 6.92 Å². The number of fused-ring (bicyclic) bond motifs is 14. The van der Waals surface area contributed by atoms with E-state index in [1.165, 1.54) is 171 Å². The average Bonchev–Trinajstić information content (AvgIpc) is 1.59. The number of aryl methyl sites for hydroxylation is 1. The molecule has 2 aliphatic heterocycles. The Morgan fingerprint density at radius 1 is 0.547 bits per heavy atom. The lowest BCUT2D eigenvalue weighted by atomic mass is 9.42.